The van der Waals surface area contributed by atoms with E-state index in [1.165, 1.54) is 0 Å². The molecular formula is C26H30ClN3O3. The van der Waals surface area contributed by atoms with Gasteiger partial charge in [-0.2, -0.15) is 5.26 Å². The molecule has 3 rings (SSSR count). The van der Waals surface area contributed by atoms with Crippen LogP contribution in [0.1, 0.15) is 50.3 Å². The standard InChI is InChI=1S/C26H30ClN3O3/c1-17(29-24(31)21-15-30(16-21)25(32)33-26(2,3)4)23(13-18-8-10-22(27)11-9-18)20-7-5-6-19(12-20)14-28/h5-12,17,21,23H,13,15-16H2,1-4H3,(H,29,31)/t17-,23+/m0/s1. The number of carbonyl (C=O) groups is 2. The van der Waals surface area contributed by atoms with Crippen molar-refractivity contribution < 1.29 is 14.3 Å². The molecule has 1 aliphatic rings. The lowest BCUT2D eigenvalue weighted by atomic mass is 9.85. The number of rotatable bonds is 6. The highest BCUT2D eigenvalue weighted by Crippen LogP contribution is 2.27. The lowest BCUT2D eigenvalue weighted by Gasteiger charge is -2.39. The molecule has 1 aliphatic heterocycles. The molecule has 0 aromatic heterocycles. The number of nitriles is 1. The van der Waals surface area contributed by atoms with E-state index < -0.39 is 11.7 Å². The Hall–Kier alpha value is -3.04. The summed E-state index contributed by atoms with van der Waals surface area (Å²) in [6, 6.07) is 17.1. The van der Waals surface area contributed by atoms with Gasteiger partial charge in [-0.05, 0) is 69.5 Å². The van der Waals surface area contributed by atoms with Gasteiger partial charge in [0.05, 0.1) is 17.6 Å². The second-order valence-corrected chi connectivity index (χ2v) is 9.99. The Bertz CT molecular complexity index is 1030. The van der Waals surface area contributed by atoms with Crippen molar-refractivity contribution in [3.05, 3.63) is 70.2 Å². The topological polar surface area (TPSA) is 82.4 Å². The van der Waals surface area contributed by atoms with Crippen LogP contribution >= 0.6 is 11.6 Å². The average molecular weight is 468 g/mol. The minimum absolute atomic E-state index is 0.0366. The summed E-state index contributed by atoms with van der Waals surface area (Å²) < 4.78 is 5.36. The van der Waals surface area contributed by atoms with Gasteiger partial charge in [-0.15, -0.1) is 0 Å². The van der Waals surface area contributed by atoms with Crippen LogP contribution < -0.4 is 5.32 Å². The maximum Gasteiger partial charge on any atom is 0.410 e. The quantitative estimate of drug-likeness (QED) is 0.654. The van der Waals surface area contributed by atoms with E-state index in [1.807, 2.05) is 70.2 Å². The Morgan fingerprint density at radius 1 is 1.21 bits per heavy atom. The van der Waals surface area contributed by atoms with Crippen LogP contribution in [0.2, 0.25) is 5.02 Å². The summed E-state index contributed by atoms with van der Waals surface area (Å²) in [4.78, 5) is 26.6. The van der Waals surface area contributed by atoms with Gasteiger partial charge in [-0.25, -0.2) is 4.79 Å². The molecule has 2 amide bonds. The lowest BCUT2D eigenvalue weighted by Crippen LogP contribution is -2.57. The van der Waals surface area contributed by atoms with Crippen molar-refractivity contribution in [1.82, 2.24) is 10.2 Å². The van der Waals surface area contributed by atoms with E-state index in [1.54, 1.807) is 11.0 Å². The molecule has 0 radical (unpaired) electrons. The van der Waals surface area contributed by atoms with Crippen LogP contribution in [-0.4, -0.2) is 41.6 Å². The van der Waals surface area contributed by atoms with Crippen molar-refractivity contribution in [3.8, 4) is 6.07 Å². The first-order chi connectivity index (χ1) is 15.6. The first-order valence-electron chi connectivity index (χ1n) is 11.1. The lowest BCUT2D eigenvalue weighted by molar-refractivity contribution is -0.130. The SMILES string of the molecule is C[C@H](NC(=O)C1CN(C(=O)OC(C)(C)C)C1)[C@@H](Cc1ccc(Cl)cc1)c1cccc(C#N)c1. The van der Waals surface area contributed by atoms with Crippen LogP contribution in [0.4, 0.5) is 4.79 Å². The summed E-state index contributed by atoms with van der Waals surface area (Å²) >= 11 is 6.03. The molecule has 0 aliphatic carbocycles. The Morgan fingerprint density at radius 2 is 1.88 bits per heavy atom. The summed E-state index contributed by atoms with van der Waals surface area (Å²) in [5.74, 6) is -0.382. The van der Waals surface area contributed by atoms with E-state index in [0.717, 1.165) is 11.1 Å². The fourth-order valence-electron chi connectivity index (χ4n) is 3.86. The summed E-state index contributed by atoms with van der Waals surface area (Å²) in [5.41, 5.74) is 2.10. The molecule has 0 spiro atoms. The summed E-state index contributed by atoms with van der Waals surface area (Å²) in [6.45, 7) is 8.12. The van der Waals surface area contributed by atoms with Gasteiger partial charge in [0.25, 0.3) is 0 Å². The highest BCUT2D eigenvalue weighted by molar-refractivity contribution is 6.30. The molecule has 1 N–H and O–H groups in total. The number of benzene rings is 2. The monoisotopic (exact) mass is 467 g/mol. The molecule has 174 valence electrons. The van der Waals surface area contributed by atoms with Gasteiger partial charge in [0, 0.05) is 30.1 Å². The van der Waals surface area contributed by atoms with Crippen LogP contribution in [0, 0.1) is 17.2 Å². The van der Waals surface area contributed by atoms with Crippen LogP contribution in [0.5, 0.6) is 0 Å². The Labute approximate surface area is 200 Å². The molecule has 33 heavy (non-hydrogen) atoms. The number of carbonyl (C=O) groups excluding carboxylic acids is 2. The second kappa shape index (κ2) is 10.3. The van der Waals surface area contributed by atoms with Crippen molar-refractivity contribution in [3.63, 3.8) is 0 Å². The zero-order valence-corrected chi connectivity index (χ0v) is 20.2. The fourth-order valence-corrected chi connectivity index (χ4v) is 3.99. The third kappa shape index (κ3) is 6.72. The highest BCUT2D eigenvalue weighted by Gasteiger charge is 2.38. The largest absolute Gasteiger partial charge is 0.444 e. The molecule has 1 fully saturated rings. The number of nitrogens with one attached hydrogen (secondary N) is 1. The molecular weight excluding hydrogens is 438 g/mol. The van der Waals surface area contributed by atoms with Crippen LogP contribution in [0.15, 0.2) is 48.5 Å². The first kappa shape index (κ1) is 24.6. The molecule has 0 unspecified atom stereocenters. The van der Waals surface area contributed by atoms with Crippen molar-refractivity contribution >= 4 is 23.6 Å². The predicted octanol–water partition coefficient (Wildman–Crippen LogP) is 4.91. The smallest absolute Gasteiger partial charge is 0.410 e. The van der Waals surface area contributed by atoms with E-state index in [0.29, 0.717) is 30.1 Å². The van der Waals surface area contributed by atoms with Gasteiger partial charge in [0.2, 0.25) is 5.91 Å². The Morgan fingerprint density at radius 3 is 2.48 bits per heavy atom. The highest BCUT2D eigenvalue weighted by atomic mass is 35.5. The molecule has 2 aromatic carbocycles. The van der Waals surface area contributed by atoms with E-state index >= 15 is 0 Å². The number of amides is 2. The maximum atomic E-state index is 12.9. The van der Waals surface area contributed by atoms with E-state index in [2.05, 4.69) is 11.4 Å². The zero-order valence-electron chi connectivity index (χ0n) is 19.5. The minimum Gasteiger partial charge on any atom is -0.444 e. The molecule has 2 atom stereocenters. The van der Waals surface area contributed by atoms with Gasteiger partial charge in [0.15, 0.2) is 0 Å². The number of halogens is 1. The number of ether oxygens (including phenoxy) is 1. The third-order valence-electron chi connectivity index (χ3n) is 5.69. The van der Waals surface area contributed by atoms with E-state index in [9.17, 15) is 14.9 Å². The van der Waals surface area contributed by atoms with Gasteiger partial charge >= 0.3 is 6.09 Å². The Kier molecular flexibility index (Phi) is 7.65. The second-order valence-electron chi connectivity index (χ2n) is 9.55. The summed E-state index contributed by atoms with van der Waals surface area (Å²) in [5, 5.41) is 13.1. The number of nitrogens with zero attached hydrogens (tertiary/aromatic N) is 2. The van der Waals surface area contributed by atoms with Crippen molar-refractivity contribution in [2.75, 3.05) is 13.1 Å². The normalized spacial score (nSPS) is 15.7. The van der Waals surface area contributed by atoms with E-state index in [4.69, 9.17) is 16.3 Å². The number of hydrogen-bond donors (Lipinski definition) is 1. The van der Waals surface area contributed by atoms with E-state index in [-0.39, 0.29) is 23.8 Å². The average Bonchev–Trinajstić information content (AvgIpc) is 2.70. The first-order valence-corrected chi connectivity index (χ1v) is 11.5. The van der Waals surface area contributed by atoms with Gasteiger partial charge in [-0.1, -0.05) is 35.9 Å². The van der Waals surface area contributed by atoms with Gasteiger partial charge < -0.3 is 15.0 Å². The van der Waals surface area contributed by atoms with Gasteiger partial charge in [0.1, 0.15) is 5.60 Å². The summed E-state index contributed by atoms with van der Waals surface area (Å²) in [6.07, 6.45) is 0.288. The van der Waals surface area contributed by atoms with Crippen molar-refractivity contribution in [2.45, 2.75) is 51.7 Å². The number of hydrogen-bond acceptors (Lipinski definition) is 4. The van der Waals surface area contributed by atoms with Crippen LogP contribution in [0.25, 0.3) is 0 Å². The molecule has 0 saturated carbocycles. The summed E-state index contributed by atoms with van der Waals surface area (Å²) in [7, 11) is 0. The predicted molar refractivity (Wildman–Crippen MR) is 128 cm³/mol. The van der Waals surface area contributed by atoms with Crippen LogP contribution in [-0.2, 0) is 16.0 Å². The molecule has 6 nitrogen and oxygen atoms in total. The van der Waals surface area contributed by atoms with Gasteiger partial charge in [-0.3, -0.25) is 4.79 Å². The van der Waals surface area contributed by atoms with Crippen molar-refractivity contribution in [2.24, 2.45) is 5.92 Å². The third-order valence-corrected chi connectivity index (χ3v) is 5.94. The molecule has 2 aromatic rings. The Balaban J connectivity index is 1.68. The fraction of sp³-hybridized carbons (Fsp3) is 0.423. The maximum absolute atomic E-state index is 12.9. The molecule has 1 heterocycles. The minimum atomic E-state index is -0.564. The van der Waals surface area contributed by atoms with Crippen molar-refractivity contribution in [1.29, 1.82) is 5.26 Å². The zero-order chi connectivity index (χ0) is 24.2. The molecule has 7 heteroatoms. The molecule has 1 saturated heterocycles. The molecule has 0 bridgehead atoms. The van der Waals surface area contributed by atoms with Crippen LogP contribution in [0.3, 0.4) is 0 Å². The number of likely N-dealkylation sites (tertiary alicyclic amines) is 1.